The van der Waals surface area contributed by atoms with Gasteiger partial charge in [-0.3, -0.25) is 0 Å². The second-order valence-electron chi connectivity index (χ2n) is 14.9. The van der Waals surface area contributed by atoms with Gasteiger partial charge >= 0.3 is 0 Å². The molecule has 1 nitrogen and oxygen atoms in total. The Balaban J connectivity index is 1.50. The average molecular weight is 713 g/mol. The molecule has 0 aliphatic heterocycles. The Labute approximate surface area is 370 Å². The van der Waals surface area contributed by atoms with Crippen molar-refractivity contribution in [1.82, 2.24) is 0 Å². The molecule has 0 bridgehead atoms. The maximum Gasteiger partial charge on any atom is 0.143 e. The van der Waals surface area contributed by atoms with Crippen LogP contribution in [-0.4, -0.2) is 133 Å². The second kappa shape index (κ2) is 14.3. The molecular weight excluding hydrogens is 704 g/mol. The smallest absolute Gasteiger partial charge is 0.143 e. The quantitative estimate of drug-likeness (QED) is 0.131. The molecule has 0 aliphatic rings. The predicted octanol–water partition coefficient (Wildman–Crippen LogP) is -8.46. The highest BCUT2D eigenvalue weighted by Gasteiger charge is 2.28. The van der Waals surface area contributed by atoms with Crippen LogP contribution in [0.15, 0.2) is 59.0 Å². The van der Waals surface area contributed by atoms with Gasteiger partial charge in [-0.25, -0.2) is 0 Å². The standard InChI is InChI=1S/C42H9B17O/c43-25-18-16(11-6-8-15-14(9-11)13-7-5-10-3-1-2-4-12(10)42(13)60-15)19-21(28(46)38(56)36(54)26(19)44)17(20(18)27(45)37(55)35(25)53)22-29(47)31(49)23(32(50)30(22)48)24-33(51)39(57)41(59)40(58)34(24)52/h1-9H. The van der Waals surface area contributed by atoms with Gasteiger partial charge in [-0.15, -0.1) is 38.2 Å². The molecule has 1 aromatic heterocycles. The Morgan fingerprint density at radius 2 is 0.667 bits per heavy atom. The van der Waals surface area contributed by atoms with Crippen molar-refractivity contribution in [1.29, 1.82) is 0 Å². The number of benzene rings is 8. The van der Waals surface area contributed by atoms with Crippen molar-refractivity contribution in [3.05, 3.63) is 54.6 Å². The third-order valence-electron chi connectivity index (χ3n) is 11.8. The SMILES string of the molecule is [B]c1c([B])c([B])c(-c2c([B])c([B])c(-c3c4c([B])c([B])c([B])c([B])c4c(-c4ccc5oc6c7ccccc7ccc6c5c4)c4c([B])c([B])c([B])c([B])c34)c([B])c2[B])c([B])c1[B]. The average Bonchev–Trinajstić information content (AvgIpc) is 3.63. The Morgan fingerprint density at radius 1 is 0.283 bits per heavy atom. The molecule has 0 aliphatic carbocycles. The Morgan fingerprint density at radius 3 is 1.15 bits per heavy atom. The minimum Gasteiger partial charge on any atom is -0.455 e. The maximum absolute atomic E-state index is 7.02. The summed E-state index contributed by atoms with van der Waals surface area (Å²) in [5.74, 6) is 0. The first kappa shape index (κ1) is 40.8. The summed E-state index contributed by atoms with van der Waals surface area (Å²) in [6, 6.07) is 17.6. The van der Waals surface area contributed by atoms with Crippen LogP contribution in [0.3, 0.4) is 0 Å². The Bertz CT molecular complexity index is 3320. The third kappa shape index (κ3) is 5.44. The van der Waals surface area contributed by atoms with E-state index < -0.39 is 0 Å². The molecule has 0 amide bonds. The van der Waals surface area contributed by atoms with Crippen LogP contribution < -0.4 is 92.9 Å². The molecule has 0 N–H and O–H groups in total. The fourth-order valence-electron chi connectivity index (χ4n) is 8.63. The number of hydrogen-bond donors (Lipinski definition) is 0. The minimum atomic E-state index is -0.112. The Kier molecular flexibility index (Phi) is 9.70. The fourth-order valence-corrected chi connectivity index (χ4v) is 8.63. The van der Waals surface area contributed by atoms with E-state index in [4.69, 9.17) is 138 Å². The molecule has 60 heavy (non-hydrogen) atoms. The zero-order valence-electron chi connectivity index (χ0n) is 31.9. The summed E-state index contributed by atoms with van der Waals surface area (Å²) in [6.45, 7) is 0. The number of furan rings is 1. The normalized spacial score (nSPS) is 11.8. The van der Waals surface area contributed by atoms with Crippen LogP contribution in [0.5, 0.6) is 0 Å². The van der Waals surface area contributed by atoms with Crippen LogP contribution in [0.2, 0.25) is 0 Å². The molecule has 34 radical (unpaired) electrons. The van der Waals surface area contributed by atoms with Gasteiger partial charge in [0.15, 0.2) is 0 Å². The van der Waals surface area contributed by atoms with Gasteiger partial charge in [0, 0.05) is 16.2 Å². The fraction of sp³-hybridized carbons (Fsp3) is 0. The zero-order chi connectivity index (χ0) is 43.1. The monoisotopic (exact) mass is 716 g/mol. The summed E-state index contributed by atoms with van der Waals surface area (Å²) < 4.78 is 6.44. The largest absolute Gasteiger partial charge is 0.455 e. The highest BCUT2D eigenvalue weighted by Crippen LogP contribution is 2.42. The summed E-state index contributed by atoms with van der Waals surface area (Å²) in [6.07, 6.45) is 0. The molecule has 9 rings (SSSR count). The van der Waals surface area contributed by atoms with Gasteiger partial charge < -0.3 is 4.42 Å². The summed E-state index contributed by atoms with van der Waals surface area (Å²) >= 11 is 0. The zero-order valence-corrected chi connectivity index (χ0v) is 31.9. The van der Waals surface area contributed by atoms with E-state index in [-0.39, 0.29) is 126 Å². The highest BCUT2D eigenvalue weighted by molar-refractivity contribution is 6.74. The van der Waals surface area contributed by atoms with Crippen LogP contribution >= 0.6 is 0 Å². The molecular formula is C42H9B17O. The molecule has 9 aromatic rings. The molecule has 1 heterocycles. The molecule has 0 atom stereocenters. The van der Waals surface area contributed by atoms with Crippen LogP contribution in [0, 0.1) is 0 Å². The summed E-state index contributed by atoms with van der Waals surface area (Å²) in [5.41, 5.74) is 2.09. The van der Waals surface area contributed by atoms with Gasteiger partial charge in [0.2, 0.25) is 0 Å². The maximum atomic E-state index is 7.02. The highest BCUT2D eigenvalue weighted by atomic mass is 16.3. The van der Waals surface area contributed by atoms with Crippen LogP contribution in [0.1, 0.15) is 0 Å². The van der Waals surface area contributed by atoms with E-state index in [0.717, 1.165) is 21.5 Å². The topological polar surface area (TPSA) is 13.1 Å². The molecule has 0 saturated carbocycles. The summed E-state index contributed by atoms with van der Waals surface area (Å²) in [7, 11) is 114. The van der Waals surface area contributed by atoms with E-state index in [1.807, 2.05) is 54.6 Å². The first-order chi connectivity index (χ1) is 28.4. The lowest BCUT2D eigenvalue weighted by molar-refractivity contribution is 0.672. The molecule has 0 spiro atoms. The molecule has 234 valence electrons. The van der Waals surface area contributed by atoms with E-state index in [2.05, 4.69) is 0 Å². The van der Waals surface area contributed by atoms with Gasteiger partial charge in [0.25, 0.3) is 0 Å². The third-order valence-corrected chi connectivity index (χ3v) is 11.8. The first-order valence-corrected chi connectivity index (χ1v) is 18.3. The van der Waals surface area contributed by atoms with Crippen molar-refractivity contribution < 1.29 is 4.42 Å². The van der Waals surface area contributed by atoms with Gasteiger partial charge in [-0.05, 0) is 78.5 Å². The summed E-state index contributed by atoms with van der Waals surface area (Å²) in [5, 5.41) is 4.68. The van der Waals surface area contributed by atoms with Crippen LogP contribution in [0.25, 0.3) is 87.6 Å². The van der Waals surface area contributed by atoms with E-state index in [1.165, 1.54) is 0 Å². The number of rotatable bonds is 3. The number of fused-ring (bicyclic) bond motifs is 7. The van der Waals surface area contributed by atoms with Gasteiger partial charge in [0.1, 0.15) is 145 Å². The minimum absolute atomic E-state index is 0.00242. The molecule has 8 aromatic carbocycles. The number of hydrogen-bond acceptors (Lipinski definition) is 1. The van der Waals surface area contributed by atoms with E-state index in [0.29, 0.717) is 33.1 Å². The summed E-state index contributed by atoms with van der Waals surface area (Å²) in [4.78, 5) is 0. The van der Waals surface area contributed by atoms with Crippen molar-refractivity contribution in [2.45, 2.75) is 0 Å². The molecule has 18 heteroatoms. The van der Waals surface area contributed by atoms with E-state index in [9.17, 15) is 0 Å². The second-order valence-corrected chi connectivity index (χ2v) is 14.9. The Hall–Kier alpha value is -4.56. The van der Waals surface area contributed by atoms with Crippen LogP contribution in [-0.2, 0) is 0 Å². The first-order valence-electron chi connectivity index (χ1n) is 18.3. The van der Waals surface area contributed by atoms with Gasteiger partial charge in [-0.2, -0.15) is 0 Å². The van der Waals surface area contributed by atoms with Crippen molar-refractivity contribution in [2.24, 2.45) is 0 Å². The lowest BCUT2D eigenvalue weighted by atomic mass is 9.55. The molecule has 0 saturated heterocycles. The van der Waals surface area contributed by atoms with Crippen molar-refractivity contribution >= 4 is 281 Å². The van der Waals surface area contributed by atoms with Crippen molar-refractivity contribution in [3.8, 4) is 33.4 Å². The van der Waals surface area contributed by atoms with Crippen molar-refractivity contribution in [3.63, 3.8) is 0 Å². The van der Waals surface area contributed by atoms with Crippen LogP contribution in [0.4, 0.5) is 0 Å². The predicted molar refractivity (Wildman–Crippen MR) is 274 cm³/mol. The van der Waals surface area contributed by atoms with E-state index in [1.54, 1.807) is 0 Å². The van der Waals surface area contributed by atoms with E-state index >= 15 is 0 Å². The lowest BCUT2D eigenvalue weighted by Gasteiger charge is -2.32. The van der Waals surface area contributed by atoms with Gasteiger partial charge in [0.05, 0.1) is 0 Å². The lowest BCUT2D eigenvalue weighted by Crippen LogP contribution is -2.57. The van der Waals surface area contributed by atoms with Crippen molar-refractivity contribution in [2.75, 3.05) is 0 Å². The molecule has 0 unspecified atom stereocenters. The molecule has 0 fully saturated rings. The van der Waals surface area contributed by atoms with Gasteiger partial charge in [-0.1, -0.05) is 91.0 Å².